The monoisotopic (exact) mass is 366 g/mol. The first-order valence-electron chi connectivity index (χ1n) is 7.99. The van der Waals surface area contributed by atoms with Crippen molar-refractivity contribution >= 4 is 34.4 Å². The molecule has 0 fully saturated rings. The Morgan fingerprint density at radius 3 is 2.48 bits per heavy atom. The second-order valence-electron chi connectivity index (χ2n) is 5.80. The number of carboxylic acids is 1. The third kappa shape index (κ3) is 3.77. The molecule has 27 heavy (non-hydrogen) atoms. The van der Waals surface area contributed by atoms with Crippen molar-refractivity contribution in [2.24, 2.45) is 0 Å². The summed E-state index contributed by atoms with van der Waals surface area (Å²) in [7, 11) is 1.60. The molecule has 3 rings (SSSR count). The minimum atomic E-state index is -1.04. The number of hydrogen-bond donors (Lipinski definition) is 3. The number of aromatic amines is 1. The van der Waals surface area contributed by atoms with E-state index in [1.165, 1.54) is 42.5 Å². The number of hydrogen-bond acceptors (Lipinski definition) is 4. The molecule has 0 unspecified atom stereocenters. The number of anilines is 1. The summed E-state index contributed by atoms with van der Waals surface area (Å²) in [6.45, 7) is 0. The molecule has 0 aliphatic carbocycles. The molecule has 0 saturated carbocycles. The van der Waals surface area contributed by atoms with Crippen LogP contribution in [0.25, 0.3) is 17.0 Å². The van der Waals surface area contributed by atoms with Gasteiger partial charge in [-0.1, -0.05) is 18.2 Å². The van der Waals surface area contributed by atoms with E-state index in [2.05, 4.69) is 10.3 Å². The Morgan fingerprint density at radius 1 is 1.15 bits per heavy atom. The van der Waals surface area contributed by atoms with Crippen molar-refractivity contribution in [3.05, 3.63) is 81.4 Å². The van der Waals surface area contributed by atoms with E-state index in [0.29, 0.717) is 22.2 Å². The highest BCUT2D eigenvalue weighted by molar-refractivity contribution is 6.08. The Balaban J connectivity index is 1.94. The molecule has 0 amide bonds. The van der Waals surface area contributed by atoms with Gasteiger partial charge < -0.3 is 15.4 Å². The van der Waals surface area contributed by atoms with Gasteiger partial charge in [-0.3, -0.25) is 9.59 Å². The smallest absolute Gasteiger partial charge is 0.335 e. The van der Waals surface area contributed by atoms with Crippen LogP contribution in [0.15, 0.2) is 53.3 Å². The maximum atomic E-state index is 13.7. The topological polar surface area (TPSA) is 99.3 Å². The normalized spacial score (nSPS) is 11.0. The molecule has 6 nitrogen and oxygen atoms in total. The van der Waals surface area contributed by atoms with Gasteiger partial charge in [0.25, 0.3) is 5.56 Å². The van der Waals surface area contributed by atoms with Crippen LogP contribution in [0.1, 0.15) is 26.3 Å². The molecule has 2 aromatic carbocycles. The Bertz CT molecular complexity index is 1130. The molecule has 0 atom stereocenters. The molecule has 0 aliphatic heterocycles. The molecule has 0 radical (unpaired) electrons. The van der Waals surface area contributed by atoms with E-state index in [9.17, 15) is 18.8 Å². The van der Waals surface area contributed by atoms with Crippen molar-refractivity contribution in [1.29, 1.82) is 0 Å². The summed E-state index contributed by atoms with van der Waals surface area (Å²) in [6.07, 6.45) is 2.69. The molecule has 3 aromatic rings. The van der Waals surface area contributed by atoms with Crippen LogP contribution in [-0.2, 0) is 0 Å². The van der Waals surface area contributed by atoms with Gasteiger partial charge in [0.05, 0.1) is 22.3 Å². The number of ketones is 1. The minimum Gasteiger partial charge on any atom is -0.478 e. The lowest BCUT2D eigenvalue weighted by atomic mass is 10.1. The van der Waals surface area contributed by atoms with Crippen molar-refractivity contribution < 1.29 is 19.1 Å². The highest BCUT2D eigenvalue weighted by atomic mass is 19.1. The van der Waals surface area contributed by atoms with Crippen molar-refractivity contribution in [3.8, 4) is 0 Å². The number of carbonyl (C=O) groups is 2. The third-order valence-electron chi connectivity index (χ3n) is 4.04. The van der Waals surface area contributed by atoms with E-state index in [1.807, 2.05) is 0 Å². The summed E-state index contributed by atoms with van der Waals surface area (Å²) >= 11 is 0. The molecular weight excluding hydrogens is 351 g/mol. The zero-order valence-corrected chi connectivity index (χ0v) is 14.2. The SMILES string of the molecule is CNc1cc(F)cc2cc(C(=O)/C=C/c3ccc(C(=O)O)cc3)c(=O)[nH]c12. The summed E-state index contributed by atoms with van der Waals surface area (Å²) < 4.78 is 13.7. The molecular formula is C20H15FN2O4. The van der Waals surface area contributed by atoms with Crippen LogP contribution in [0, 0.1) is 5.82 Å². The Morgan fingerprint density at radius 2 is 1.85 bits per heavy atom. The first kappa shape index (κ1) is 18.1. The number of pyridine rings is 1. The Hall–Kier alpha value is -3.74. The fourth-order valence-corrected chi connectivity index (χ4v) is 2.66. The number of allylic oxidation sites excluding steroid dienone is 1. The van der Waals surface area contributed by atoms with Gasteiger partial charge in [-0.15, -0.1) is 0 Å². The Labute approximate surface area is 153 Å². The fraction of sp³-hybridized carbons (Fsp3) is 0.0500. The number of halogens is 1. The first-order chi connectivity index (χ1) is 12.9. The minimum absolute atomic E-state index is 0.117. The van der Waals surface area contributed by atoms with Crippen molar-refractivity contribution in [3.63, 3.8) is 0 Å². The van der Waals surface area contributed by atoms with Crippen molar-refractivity contribution in [2.75, 3.05) is 12.4 Å². The largest absolute Gasteiger partial charge is 0.478 e. The van der Waals surface area contributed by atoms with Gasteiger partial charge in [0.15, 0.2) is 5.78 Å². The second kappa shape index (κ2) is 7.25. The molecule has 136 valence electrons. The van der Waals surface area contributed by atoms with E-state index in [-0.39, 0.29) is 11.1 Å². The lowest BCUT2D eigenvalue weighted by Gasteiger charge is -2.07. The maximum Gasteiger partial charge on any atom is 0.335 e. The number of fused-ring (bicyclic) bond motifs is 1. The number of rotatable bonds is 5. The van der Waals surface area contributed by atoms with Crippen LogP contribution in [0.2, 0.25) is 0 Å². The standard InChI is InChI=1S/C20H15FN2O4/c1-22-16-10-14(21)8-13-9-15(19(25)23-18(13)16)17(24)7-4-11-2-5-12(6-3-11)20(26)27/h2-10,22H,1H3,(H,23,25)(H,26,27)/b7-4+. The summed E-state index contributed by atoms with van der Waals surface area (Å²) in [5, 5.41) is 12.1. The first-order valence-corrected chi connectivity index (χ1v) is 7.99. The third-order valence-corrected chi connectivity index (χ3v) is 4.04. The van der Waals surface area contributed by atoms with E-state index in [1.54, 1.807) is 19.2 Å². The summed E-state index contributed by atoms with van der Waals surface area (Å²) in [5.41, 5.74) is 0.861. The highest BCUT2D eigenvalue weighted by Gasteiger charge is 2.12. The van der Waals surface area contributed by atoms with E-state index >= 15 is 0 Å². The van der Waals surface area contributed by atoms with Gasteiger partial charge in [0.1, 0.15) is 5.82 Å². The van der Waals surface area contributed by atoms with E-state index in [0.717, 1.165) is 0 Å². The quantitative estimate of drug-likeness (QED) is 0.475. The summed E-state index contributed by atoms with van der Waals surface area (Å²) in [4.78, 5) is 38.1. The molecule has 3 N–H and O–H groups in total. The zero-order chi connectivity index (χ0) is 19.6. The van der Waals surface area contributed by atoms with Gasteiger partial charge in [-0.05, 0) is 42.0 Å². The van der Waals surface area contributed by atoms with Gasteiger partial charge in [-0.25, -0.2) is 9.18 Å². The number of carboxylic acid groups (broad SMARTS) is 1. The van der Waals surface area contributed by atoms with Crippen LogP contribution >= 0.6 is 0 Å². The molecule has 7 heteroatoms. The predicted molar refractivity (Wildman–Crippen MR) is 101 cm³/mol. The number of aromatic nitrogens is 1. The van der Waals surface area contributed by atoms with Gasteiger partial charge in [0.2, 0.25) is 0 Å². The number of benzene rings is 2. The lowest BCUT2D eigenvalue weighted by Crippen LogP contribution is -2.16. The predicted octanol–water partition coefficient (Wildman–Crippen LogP) is 3.30. The maximum absolute atomic E-state index is 13.7. The number of nitrogens with one attached hydrogen (secondary N) is 2. The average molecular weight is 366 g/mol. The number of H-pyrrole nitrogens is 1. The van der Waals surface area contributed by atoms with E-state index in [4.69, 9.17) is 5.11 Å². The molecule has 0 aliphatic rings. The molecule has 1 aromatic heterocycles. The van der Waals surface area contributed by atoms with Crippen LogP contribution in [0.3, 0.4) is 0 Å². The average Bonchev–Trinajstić information content (AvgIpc) is 2.65. The zero-order valence-electron chi connectivity index (χ0n) is 14.2. The van der Waals surface area contributed by atoms with Gasteiger partial charge in [0, 0.05) is 12.4 Å². The number of aromatic carboxylic acids is 1. The molecule has 0 saturated heterocycles. The highest BCUT2D eigenvalue weighted by Crippen LogP contribution is 2.22. The van der Waals surface area contributed by atoms with Crippen LogP contribution < -0.4 is 10.9 Å². The van der Waals surface area contributed by atoms with E-state index < -0.39 is 23.1 Å². The van der Waals surface area contributed by atoms with Crippen molar-refractivity contribution in [1.82, 2.24) is 4.98 Å². The fourth-order valence-electron chi connectivity index (χ4n) is 2.66. The molecule has 1 heterocycles. The van der Waals surface area contributed by atoms with Gasteiger partial charge in [-0.2, -0.15) is 0 Å². The number of carbonyl (C=O) groups excluding carboxylic acids is 1. The summed E-state index contributed by atoms with van der Waals surface area (Å²) in [6, 6.07) is 9.75. The van der Waals surface area contributed by atoms with Crippen LogP contribution in [0.4, 0.5) is 10.1 Å². The summed E-state index contributed by atoms with van der Waals surface area (Å²) in [5.74, 6) is -2.08. The van der Waals surface area contributed by atoms with Crippen LogP contribution in [-0.4, -0.2) is 28.9 Å². The lowest BCUT2D eigenvalue weighted by molar-refractivity contribution is 0.0696. The van der Waals surface area contributed by atoms with Gasteiger partial charge >= 0.3 is 5.97 Å². The van der Waals surface area contributed by atoms with Crippen LogP contribution in [0.5, 0.6) is 0 Å². The Kier molecular flexibility index (Phi) is 4.85. The molecule has 0 bridgehead atoms. The second-order valence-corrected chi connectivity index (χ2v) is 5.80. The van der Waals surface area contributed by atoms with Crippen molar-refractivity contribution in [2.45, 2.75) is 0 Å². The molecule has 0 spiro atoms.